The van der Waals surface area contributed by atoms with Crippen molar-refractivity contribution in [1.29, 1.82) is 0 Å². The molecular formula is C15H20Cl2N2O2. The Kier molecular flexibility index (Phi) is 5.88. The number of aliphatic hydroxyl groups is 1. The van der Waals surface area contributed by atoms with Crippen molar-refractivity contribution >= 4 is 34.8 Å². The number of amides is 1. The first kappa shape index (κ1) is 16.6. The van der Waals surface area contributed by atoms with E-state index in [1.165, 1.54) is 0 Å². The van der Waals surface area contributed by atoms with E-state index in [1.54, 1.807) is 18.2 Å². The van der Waals surface area contributed by atoms with Gasteiger partial charge in [0.25, 0.3) is 0 Å². The number of likely N-dealkylation sites (tertiary alicyclic amines) is 1. The maximum absolute atomic E-state index is 12.1. The van der Waals surface area contributed by atoms with Gasteiger partial charge in [-0.05, 0) is 50.9 Å². The van der Waals surface area contributed by atoms with Crippen LogP contribution in [0.5, 0.6) is 0 Å². The standard InChI is InChI=1S/C15H20Cl2N2O2/c1-10(20)11-5-7-19(8-6-11)9-14(21)18-13-4-2-3-12(16)15(13)17/h2-4,10-11,20H,5-9H2,1H3,(H,18,21). The van der Waals surface area contributed by atoms with Crippen molar-refractivity contribution < 1.29 is 9.90 Å². The van der Waals surface area contributed by atoms with Gasteiger partial charge in [0.2, 0.25) is 5.91 Å². The Balaban J connectivity index is 1.84. The molecule has 2 rings (SSSR count). The van der Waals surface area contributed by atoms with Crippen molar-refractivity contribution in [3.63, 3.8) is 0 Å². The number of carbonyl (C=O) groups excluding carboxylic acids is 1. The quantitative estimate of drug-likeness (QED) is 0.892. The predicted molar refractivity (Wildman–Crippen MR) is 85.9 cm³/mol. The number of nitrogens with zero attached hydrogens (tertiary/aromatic N) is 1. The average Bonchev–Trinajstić information content (AvgIpc) is 2.44. The molecule has 0 spiro atoms. The lowest BCUT2D eigenvalue weighted by molar-refractivity contribution is -0.117. The number of nitrogens with one attached hydrogen (secondary N) is 1. The molecule has 0 radical (unpaired) electrons. The monoisotopic (exact) mass is 330 g/mol. The smallest absolute Gasteiger partial charge is 0.238 e. The van der Waals surface area contributed by atoms with Crippen LogP contribution in [-0.2, 0) is 4.79 Å². The van der Waals surface area contributed by atoms with E-state index in [0.29, 0.717) is 28.2 Å². The number of piperidine rings is 1. The fraction of sp³-hybridized carbons (Fsp3) is 0.533. The summed E-state index contributed by atoms with van der Waals surface area (Å²) in [5.74, 6) is 0.237. The largest absolute Gasteiger partial charge is 0.393 e. The van der Waals surface area contributed by atoms with Crippen molar-refractivity contribution in [3.05, 3.63) is 28.2 Å². The summed E-state index contributed by atoms with van der Waals surface area (Å²) in [6.07, 6.45) is 1.57. The number of hydrogen-bond acceptors (Lipinski definition) is 3. The van der Waals surface area contributed by atoms with Crippen LogP contribution in [0.4, 0.5) is 5.69 Å². The number of carbonyl (C=O) groups is 1. The lowest BCUT2D eigenvalue weighted by atomic mass is 9.92. The van der Waals surface area contributed by atoms with E-state index >= 15 is 0 Å². The number of benzene rings is 1. The van der Waals surface area contributed by atoms with Gasteiger partial charge in [-0.15, -0.1) is 0 Å². The molecule has 4 nitrogen and oxygen atoms in total. The molecule has 1 aromatic carbocycles. The minimum absolute atomic E-state index is 0.102. The zero-order chi connectivity index (χ0) is 15.4. The number of rotatable bonds is 4. The summed E-state index contributed by atoms with van der Waals surface area (Å²) in [6.45, 7) is 3.81. The highest BCUT2D eigenvalue weighted by molar-refractivity contribution is 6.43. The van der Waals surface area contributed by atoms with E-state index in [4.69, 9.17) is 23.2 Å². The van der Waals surface area contributed by atoms with E-state index < -0.39 is 0 Å². The minimum Gasteiger partial charge on any atom is -0.393 e. The molecular weight excluding hydrogens is 311 g/mol. The van der Waals surface area contributed by atoms with Crippen molar-refractivity contribution in [1.82, 2.24) is 4.90 Å². The van der Waals surface area contributed by atoms with E-state index in [2.05, 4.69) is 10.2 Å². The summed E-state index contributed by atoms with van der Waals surface area (Å²) >= 11 is 12.0. The van der Waals surface area contributed by atoms with Gasteiger partial charge in [-0.25, -0.2) is 0 Å². The summed E-state index contributed by atoms with van der Waals surface area (Å²) in [5.41, 5.74) is 0.535. The molecule has 116 valence electrons. The van der Waals surface area contributed by atoms with Gasteiger partial charge in [0.1, 0.15) is 0 Å². The topological polar surface area (TPSA) is 52.6 Å². The molecule has 0 aliphatic carbocycles. The number of hydrogen-bond donors (Lipinski definition) is 2. The van der Waals surface area contributed by atoms with Crippen LogP contribution in [0.25, 0.3) is 0 Å². The van der Waals surface area contributed by atoms with Crippen LogP contribution >= 0.6 is 23.2 Å². The van der Waals surface area contributed by atoms with E-state index in [0.717, 1.165) is 25.9 Å². The highest BCUT2D eigenvalue weighted by Gasteiger charge is 2.23. The first-order valence-corrected chi connectivity index (χ1v) is 7.87. The predicted octanol–water partition coefficient (Wildman–Crippen LogP) is 3.02. The van der Waals surface area contributed by atoms with Crippen LogP contribution in [0, 0.1) is 5.92 Å². The lowest BCUT2D eigenvalue weighted by Gasteiger charge is -2.32. The molecule has 1 aromatic rings. The molecule has 1 aliphatic heterocycles. The van der Waals surface area contributed by atoms with Crippen LogP contribution in [0.15, 0.2) is 18.2 Å². The van der Waals surface area contributed by atoms with Crippen molar-refractivity contribution in [2.24, 2.45) is 5.92 Å². The van der Waals surface area contributed by atoms with Crippen LogP contribution in [0.2, 0.25) is 10.0 Å². The number of aliphatic hydroxyl groups excluding tert-OH is 1. The third kappa shape index (κ3) is 4.58. The van der Waals surface area contributed by atoms with E-state index in [9.17, 15) is 9.90 Å². The van der Waals surface area contributed by atoms with Crippen molar-refractivity contribution in [3.8, 4) is 0 Å². The summed E-state index contributed by atoms with van der Waals surface area (Å²) < 4.78 is 0. The number of anilines is 1. The Morgan fingerprint density at radius 1 is 1.43 bits per heavy atom. The van der Waals surface area contributed by atoms with Crippen molar-refractivity contribution in [2.75, 3.05) is 25.0 Å². The lowest BCUT2D eigenvalue weighted by Crippen LogP contribution is -2.41. The Labute approximate surface area is 135 Å². The van der Waals surface area contributed by atoms with E-state index in [1.807, 2.05) is 6.92 Å². The molecule has 6 heteroatoms. The third-order valence-electron chi connectivity index (χ3n) is 3.91. The Hall–Kier alpha value is -0.810. The van der Waals surface area contributed by atoms with Gasteiger partial charge in [0, 0.05) is 0 Å². The molecule has 21 heavy (non-hydrogen) atoms. The zero-order valence-corrected chi connectivity index (χ0v) is 13.5. The molecule has 1 fully saturated rings. The average molecular weight is 331 g/mol. The third-order valence-corrected chi connectivity index (χ3v) is 4.73. The summed E-state index contributed by atoms with van der Waals surface area (Å²) in [4.78, 5) is 14.1. The highest BCUT2D eigenvalue weighted by atomic mass is 35.5. The van der Waals surface area contributed by atoms with Crippen LogP contribution in [0.3, 0.4) is 0 Å². The fourth-order valence-corrected chi connectivity index (χ4v) is 2.93. The summed E-state index contributed by atoms with van der Waals surface area (Å²) in [6, 6.07) is 5.16. The SMILES string of the molecule is CC(O)C1CCN(CC(=O)Nc2cccc(Cl)c2Cl)CC1. The molecule has 1 atom stereocenters. The molecule has 1 saturated heterocycles. The van der Waals surface area contributed by atoms with Gasteiger partial charge < -0.3 is 10.4 Å². The van der Waals surface area contributed by atoms with E-state index in [-0.39, 0.29) is 12.0 Å². The number of halogens is 2. The second kappa shape index (κ2) is 7.45. The van der Waals surface area contributed by atoms with Crippen LogP contribution < -0.4 is 5.32 Å². The normalized spacial score (nSPS) is 18.5. The van der Waals surface area contributed by atoms with Gasteiger partial charge in [-0.2, -0.15) is 0 Å². The maximum Gasteiger partial charge on any atom is 0.238 e. The molecule has 0 saturated carbocycles. The molecule has 1 unspecified atom stereocenters. The molecule has 1 amide bonds. The van der Waals surface area contributed by atoms with Crippen LogP contribution in [-0.4, -0.2) is 41.7 Å². The molecule has 1 heterocycles. The summed E-state index contributed by atoms with van der Waals surface area (Å²) in [5, 5.41) is 13.1. The van der Waals surface area contributed by atoms with Gasteiger partial charge in [0.15, 0.2) is 0 Å². The first-order valence-electron chi connectivity index (χ1n) is 7.11. The molecule has 2 N–H and O–H groups in total. The fourth-order valence-electron chi connectivity index (χ4n) is 2.59. The second-order valence-corrected chi connectivity index (χ2v) is 6.29. The van der Waals surface area contributed by atoms with Crippen LogP contribution in [0.1, 0.15) is 19.8 Å². The molecule has 1 aliphatic rings. The molecule has 0 bridgehead atoms. The molecule has 0 aromatic heterocycles. The van der Waals surface area contributed by atoms with Crippen molar-refractivity contribution in [2.45, 2.75) is 25.9 Å². The summed E-state index contributed by atoms with van der Waals surface area (Å²) in [7, 11) is 0. The zero-order valence-electron chi connectivity index (χ0n) is 12.0. The van der Waals surface area contributed by atoms with Gasteiger partial charge in [-0.3, -0.25) is 9.69 Å². The Morgan fingerprint density at radius 3 is 2.71 bits per heavy atom. The second-order valence-electron chi connectivity index (χ2n) is 5.50. The maximum atomic E-state index is 12.1. The minimum atomic E-state index is -0.272. The Morgan fingerprint density at radius 2 is 2.10 bits per heavy atom. The van der Waals surface area contributed by atoms with Gasteiger partial charge in [0.05, 0.1) is 28.4 Å². The first-order chi connectivity index (χ1) is 9.97. The van der Waals surface area contributed by atoms with Gasteiger partial charge >= 0.3 is 0 Å². The highest BCUT2D eigenvalue weighted by Crippen LogP contribution is 2.29. The Bertz CT molecular complexity index is 500. The van der Waals surface area contributed by atoms with Gasteiger partial charge in [-0.1, -0.05) is 29.3 Å².